The summed E-state index contributed by atoms with van der Waals surface area (Å²) in [5.41, 5.74) is 1.01. The van der Waals surface area contributed by atoms with Gasteiger partial charge in [0.25, 0.3) is 11.8 Å². The second-order valence-electron chi connectivity index (χ2n) is 6.78. The monoisotopic (exact) mass is 360 g/mol. The number of fused-ring (bicyclic) bond motifs is 1. The van der Waals surface area contributed by atoms with Crippen LogP contribution in [0, 0.1) is 0 Å². The highest BCUT2D eigenvalue weighted by Gasteiger charge is 2.24. The first kappa shape index (κ1) is 18.0. The summed E-state index contributed by atoms with van der Waals surface area (Å²) in [7, 11) is 0. The molecule has 0 aliphatic carbocycles. The third-order valence-electron chi connectivity index (χ3n) is 4.34. The molecule has 1 fully saturated rings. The van der Waals surface area contributed by atoms with Crippen molar-refractivity contribution in [2.75, 3.05) is 38.1 Å². The first-order valence-corrected chi connectivity index (χ1v) is 8.85. The van der Waals surface area contributed by atoms with Crippen LogP contribution in [0.5, 0.6) is 5.75 Å². The molecule has 2 heterocycles. The molecule has 0 spiro atoms. The van der Waals surface area contributed by atoms with Crippen LogP contribution in [0.25, 0.3) is 0 Å². The Labute approximate surface area is 152 Å². The Morgan fingerprint density at radius 2 is 1.88 bits per heavy atom. The molecule has 2 N–H and O–H groups in total. The highest BCUT2D eigenvalue weighted by Crippen LogP contribution is 2.29. The quantitative estimate of drug-likeness (QED) is 0.831. The Bertz CT molecular complexity index is 719. The summed E-state index contributed by atoms with van der Waals surface area (Å²) in [4.78, 5) is 39.9. The van der Waals surface area contributed by atoms with Gasteiger partial charge in [-0.05, 0) is 38.5 Å². The highest BCUT2D eigenvalue weighted by atomic mass is 16.5. The van der Waals surface area contributed by atoms with Crippen LogP contribution < -0.4 is 15.4 Å². The number of amides is 4. The van der Waals surface area contributed by atoms with E-state index in [1.807, 2.05) is 13.8 Å². The SMILES string of the molecule is CC(C)NC(=O)N1CCCN(C(=O)c2ccc3c(c2)NC(=O)CO3)CC1. The van der Waals surface area contributed by atoms with Crippen LogP contribution in [0.3, 0.4) is 0 Å². The molecule has 4 amide bonds. The lowest BCUT2D eigenvalue weighted by Crippen LogP contribution is -2.44. The van der Waals surface area contributed by atoms with Gasteiger partial charge in [0.1, 0.15) is 5.75 Å². The standard InChI is InChI=1S/C18H24N4O4/c1-12(2)19-18(25)22-7-3-6-21(8-9-22)17(24)13-4-5-15-14(10-13)20-16(23)11-26-15/h4-5,10,12H,3,6-9,11H2,1-2H3,(H,19,25)(H,20,23). The number of rotatable bonds is 2. The third-order valence-corrected chi connectivity index (χ3v) is 4.34. The zero-order chi connectivity index (χ0) is 18.7. The maximum atomic E-state index is 12.8. The van der Waals surface area contributed by atoms with E-state index in [0.717, 1.165) is 6.42 Å². The molecule has 0 bridgehead atoms. The Morgan fingerprint density at radius 3 is 2.65 bits per heavy atom. The van der Waals surface area contributed by atoms with Crippen LogP contribution in [-0.2, 0) is 4.79 Å². The van der Waals surface area contributed by atoms with Crippen molar-refractivity contribution in [2.24, 2.45) is 0 Å². The van der Waals surface area contributed by atoms with Gasteiger partial charge in [-0.3, -0.25) is 9.59 Å². The number of urea groups is 1. The zero-order valence-electron chi connectivity index (χ0n) is 15.1. The van der Waals surface area contributed by atoms with Crippen molar-refractivity contribution in [3.63, 3.8) is 0 Å². The van der Waals surface area contributed by atoms with Crippen LogP contribution in [0.4, 0.5) is 10.5 Å². The average Bonchev–Trinajstić information content (AvgIpc) is 2.86. The molecule has 1 aromatic rings. The van der Waals surface area contributed by atoms with Crippen LogP contribution >= 0.6 is 0 Å². The Kier molecular flexibility index (Phi) is 5.29. The number of ether oxygens (including phenoxy) is 1. The summed E-state index contributed by atoms with van der Waals surface area (Å²) >= 11 is 0. The summed E-state index contributed by atoms with van der Waals surface area (Å²) in [6, 6.07) is 5.03. The lowest BCUT2D eigenvalue weighted by atomic mass is 10.1. The van der Waals surface area contributed by atoms with Gasteiger partial charge in [-0.25, -0.2) is 4.79 Å². The van der Waals surface area contributed by atoms with E-state index in [4.69, 9.17) is 4.74 Å². The molecule has 0 aromatic heterocycles. The second-order valence-corrected chi connectivity index (χ2v) is 6.78. The van der Waals surface area contributed by atoms with E-state index in [1.54, 1.807) is 28.0 Å². The van der Waals surface area contributed by atoms with Crippen molar-refractivity contribution in [3.8, 4) is 5.75 Å². The molecular weight excluding hydrogens is 336 g/mol. The molecule has 2 aliphatic heterocycles. The van der Waals surface area contributed by atoms with Gasteiger partial charge in [0.05, 0.1) is 5.69 Å². The fourth-order valence-corrected chi connectivity index (χ4v) is 3.06. The van der Waals surface area contributed by atoms with E-state index in [-0.39, 0.29) is 30.5 Å². The van der Waals surface area contributed by atoms with Gasteiger partial charge in [0.2, 0.25) is 0 Å². The zero-order valence-corrected chi connectivity index (χ0v) is 15.1. The summed E-state index contributed by atoms with van der Waals surface area (Å²) in [6.45, 7) is 6.01. The van der Waals surface area contributed by atoms with Crippen LogP contribution in [0.15, 0.2) is 18.2 Å². The predicted molar refractivity (Wildman–Crippen MR) is 96.3 cm³/mol. The molecule has 3 rings (SSSR count). The van der Waals surface area contributed by atoms with Gasteiger partial charge in [0, 0.05) is 37.8 Å². The minimum absolute atomic E-state index is 0.0132. The smallest absolute Gasteiger partial charge is 0.317 e. The molecule has 140 valence electrons. The first-order chi connectivity index (χ1) is 12.4. The molecule has 2 aliphatic rings. The third kappa shape index (κ3) is 4.07. The number of benzene rings is 1. The fraction of sp³-hybridized carbons (Fsp3) is 0.500. The largest absolute Gasteiger partial charge is 0.482 e. The van der Waals surface area contributed by atoms with Crippen molar-refractivity contribution in [2.45, 2.75) is 26.3 Å². The fourth-order valence-electron chi connectivity index (χ4n) is 3.06. The molecule has 0 radical (unpaired) electrons. The molecule has 8 heteroatoms. The minimum atomic E-state index is -0.233. The molecule has 0 saturated carbocycles. The van der Waals surface area contributed by atoms with Crippen LogP contribution in [0.1, 0.15) is 30.6 Å². The number of nitrogens with one attached hydrogen (secondary N) is 2. The number of hydrogen-bond acceptors (Lipinski definition) is 4. The van der Waals surface area contributed by atoms with Crippen LogP contribution in [-0.4, -0.2) is 66.5 Å². The van der Waals surface area contributed by atoms with Crippen molar-refractivity contribution in [3.05, 3.63) is 23.8 Å². The number of carbonyl (C=O) groups is 3. The summed E-state index contributed by atoms with van der Waals surface area (Å²) in [6.07, 6.45) is 0.724. The summed E-state index contributed by atoms with van der Waals surface area (Å²) in [5.74, 6) is 0.218. The normalized spacial score (nSPS) is 17.1. The lowest BCUT2D eigenvalue weighted by molar-refractivity contribution is -0.118. The Morgan fingerprint density at radius 1 is 1.15 bits per heavy atom. The number of carbonyl (C=O) groups excluding carboxylic acids is 3. The maximum Gasteiger partial charge on any atom is 0.317 e. The van der Waals surface area contributed by atoms with E-state index in [2.05, 4.69) is 10.6 Å². The predicted octanol–water partition coefficient (Wildman–Crippen LogP) is 1.28. The van der Waals surface area contributed by atoms with Gasteiger partial charge in [-0.2, -0.15) is 0 Å². The lowest BCUT2D eigenvalue weighted by Gasteiger charge is -2.24. The Balaban J connectivity index is 1.66. The highest BCUT2D eigenvalue weighted by molar-refractivity contribution is 5.99. The van der Waals surface area contributed by atoms with E-state index < -0.39 is 0 Å². The topological polar surface area (TPSA) is 91.0 Å². The van der Waals surface area contributed by atoms with Gasteiger partial charge >= 0.3 is 6.03 Å². The molecular formula is C18H24N4O4. The van der Waals surface area contributed by atoms with E-state index in [1.165, 1.54) is 0 Å². The summed E-state index contributed by atoms with van der Waals surface area (Å²) in [5, 5.41) is 5.60. The van der Waals surface area contributed by atoms with Crippen molar-refractivity contribution in [1.82, 2.24) is 15.1 Å². The first-order valence-electron chi connectivity index (χ1n) is 8.85. The molecule has 0 unspecified atom stereocenters. The molecule has 0 atom stereocenters. The van der Waals surface area contributed by atoms with Gasteiger partial charge in [0.15, 0.2) is 6.61 Å². The second kappa shape index (κ2) is 7.63. The average molecular weight is 360 g/mol. The summed E-state index contributed by atoms with van der Waals surface area (Å²) < 4.78 is 5.32. The van der Waals surface area contributed by atoms with E-state index >= 15 is 0 Å². The van der Waals surface area contributed by atoms with Crippen molar-refractivity contribution < 1.29 is 19.1 Å². The molecule has 8 nitrogen and oxygen atoms in total. The minimum Gasteiger partial charge on any atom is -0.482 e. The maximum absolute atomic E-state index is 12.8. The number of hydrogen-bond donors (Lipinski definition) is 2. The van der Waals surface area contributed by atoms with Crippen molar-refractivity contribution in [1.29, 1.82) is 0 Å². The van der Waals surface area contributed by atoms with Gasteiger partial charge < -0.3 is 25.2 Å². The van der Waals surface area contributed by atoms with Gasteiger partial charge in [-0.1, -0.05) is 0 Å². The molecule has 1 aromatic carbocycles. The Hall–Kier alpha value is -2.77. The van der Waals surface area contributed by atoms with E-state index in [9.17, 15) is 14.4 Å². The number of anilines is 1. The number of nitrogens with zero attached hydrogens (tertiary/aromatic N) is 2. The van der Waals surface area contributed by atoms with E-state index in [0.29, 0.717) is 43.2 Å². The molecule has 1 saturated heterocycles. The molecule has 26 heavy (non-hydrogen) atoms. The van der Waals surface area contributed by atoms with Gasteiger partial charge in [-0.15, -0.1) is 0 Å². The van der Waals surface area contributed by atoms with Crippen LogP contribution in [0.2, 0.25) is 0 Å². The van der Waals surface area contributed by atoms with Crippen molar-refractivity contribution >= 4 is 23.5 Å².